The molecule has 0 atom stereocenters. The van der Waals surface area contributed by atoms with E-state index in [9.17, 15) is 4.79 Å². The molecule has 0 unspecified atom stereocenters. The molecule has 26 heavy (non-hydrogen) atoms. The van der Waals surface area contributed by atoms with Crippen LogP contribution in [-0.4, -0.2) is 32.0 Å². The van der Waals surface area contributed by atoms with Crippen LogP contribution in [0.3, 0.4) is 0 Å². The Morgan fingerprint density at radius 1 is 1.04 bits per heavy atom. The largest absolute Gasteiger partial charge is 0.356 e. The van der Waals surface area contributed by atoms with E-state index in [-0.39, 0.29) is 29.9 Å². The van der Waals surface area contributed by atoms with E-state index < -0.39 is 0 Å². The molecule has 0 aliphatic rings. The first-order valence-corrected chi connectivity index (χ1v) is 9.38. The minimum atomic E-state index is -0.00409. The number of nitrogens with one attached hydrogen (secondary N) is 3. The summed E-state index contributed by atoms with van der Waals surface area (Å²) in [5.74, 6) is 1.54. The second-order valence-corrected chi connectivity index (χ2v) is 6.69. The van der Waals surface area contributed by atoms with Crippen molar-refractivity contribution in [3.8, 4) is 0 Å². The maximum atomic E-state index is 12.0. The molecule has 0 aromatic heterocycles. The summed E-state index contributed by atoms with van der Waals surface area (Å²) in [6, 6.07) is 7.70. The molecule has 1 aromatic rings. The maximum absolute atomic E-state index is 12.0. The lowest BCUT2D eigenvalue weighted by Crippen LogP contribution is -2.37. The summed E-state index contributed by atoms with van der Waals surface area (Å²) in [6.45, 7) is 8.93. The van der Waals surface area contributed by atoms with Gasteiger partial charge < -0.3 is 16.0 Å². The number of benzene rings is 1. The molecular formula is C20H35IN4O. The molecule has 148 valence electrons. The first kappa shape index (κ1) is 24.7. The number of amides is 1. The molecule has 5 nitrogen and oxygen atoms in total. The van der Waals surface area contributed by atoms with E-state index in [2.05, 4.69) is 41.7 Å². The van der Waals surface area contributed by atoms with Crippen LogP contribution in [0.25, 0.3) is 0 Å². The predicted octanol–water partition coefficient (Wildman–Crippen LogP) is 3.94. The number of halogens is 1. The number of aliphatic imine (C=N–C) groups is 1. The average molecular weight is 474 g/mol. The molecule has 6 heteroatoms. The van der Waals surface area contributed by atoms with Crippen molar-refractivity contribution in [1.29, 1.82) is 0 Å². The fourth-order valence-corrected chi connectivity index (χ4v) is 2.38. The van der Waals surface area contributed by atoms with Crippen LogP contribution in [0.1, 0.15) is 62.4 Å². The normalized spacial score (nSPS) is 11.0. The Balaban J connectivity index is 0.00000625. The van der Waals surface area contributed by atoms with E-state index in [0.29, 0.717) is 12.1 Å². The van der Waals surface area contributed by atoms with Gasteiger partial charge in [0, 0.05) is 32.2 Å². The third-order valence-corrected chi connectivity index (χ3v) is 3.97. The van der Waals surface area contributed by atoms with Crippen molar-refractivity contribution in [2.75, 3.05) is 20.1 Å². The third-order valence-electron chi connectivity index (χ3n) is 3.97. The minimum Gasteiger partial charge on any atom is -0.356 e. The van der Waals surface area contributed by atoms with E-state index in [1.165, 1.54) is 6.42 Å². The van der Waals surface area contributed by atoms with Gasteiger partial charge in [0.1, 0.15) is 0 Å². The monoisotopic (exact) mass is 474 g/mol. The van der Waals surface area contributed by atoms with Gasteiger partial charge in [0.05, 0.1) is 0 Å². The quantitative estimate of drug-likeness (QED) is 0.208. The van der Waals surface area contributed by atoms with E-state index in [1.807, 2.05) is 24.3 Å². The zero-order valence-corrected chi connectivity index (χ0v) is 18.9. The van der Waals surface area contributed by atoms with Gasteiger partial charge in [-0.2, -0.15) is 0 Å². The van der Waals surface area contributed by atoms with Crippen molar-refractivity contribution in [2.45, 2.75) is 53.0 Å². The molecule has 0 bridgehead atoms. The van der Waals surface area contributed by atoms with Crippen LogP contribution < -0.4 is 16.0 Å². The van der Waals surface area contributed by atoms with Crippen LogP contribution in [0.5, 0.6) is 0 Å². The number of unbranched alkanes of at least 4 members (excludes halogenated alkanes) is 1. The molecular weight excluding hydrogens is 439 g/mol. The van der Waals surface area contributed by atoms with E-state index >= 15 is 0 Å². The van der Waals surface area contributed by atoms with Crippen LogP contribution in [-0.2, 0) is 6.54 Å². The Kier molecular flexibility index (Phi) is 14.1. The number of guanidine groups is 1. The third kappa shape index (κ3) is 10.6. The Morgan fingerprint density at radius 3 is 2.27 bits per heavy atom. The molecule has 3 N–H and O–H groups in total. The van der Waals surface area contributed by atoms with Gasteiger partial charge in [0.15, 0.2) is 5.96 Å². The van der Waals surface area contributed by atoms with Gasteiger partial charge >= 0.3 is 0 Å². The van der Waals surface area contributed by atoms with Crippen molar-refractivity contribution in [2.24, 2.45) is 10.9 Å². The van der Waals surface area contributed by atoms with E-state index in [0.717, 1.165) is 49.8 Å². The smallest absolute Gasteiger partial charge is 0.251 e. The zero-order chi connectivity index (χ0) is 18.5. The Hall–Kier alpha value is -1.31. The van der Waals surface area contributed by atoms with E-state index in [1.54, 1.807) is 7.05 Å². The minimum absolute atomic E-state index is 0. The number of carbonyl (C=O) groups is 1. The predicted molar refractivity (Wildman–Crippen MR) is 121 cm³/mol. The molecule has 0 saturated carbocycles. The number of hydrogen-bond donors (Lipinski definition) is 3. The van der Waals surface area contributed by atoms with Gasteiger partial charge in [0.25, 0.3) is 5.91 Å². The number of rotatable bonds is 10. The van der Waals surface area contributed by atoms with Gasteiger partial charge in [-0.05, 0) is 42.9 Å². The molecule has 1 rings (SSSR count). The molecule has 0 fully saturated rings. The Morgan fingerprint density at radius 2 is 1.69 bits per heavy atom. The second-order valence-electron chi connectivity index (χ2n) is 6.69. The summed E-state index contributed by atoms with van der Waals surface area (Å²) in [6.07, 6.45) is 4.45. The van der Waals surface area contributed by atoms with Crippen molar-refractivity contribution >= 4 is 35.8 Å². The first-order valence-electron chi connectivity index (χ1n) is 9.38. The van der Waals surface area contributed by atoms with Crippen LogP contribution in [0.15, 0.2) is 29.3 Å². The van der Waals surface area contributed by atoms with Gasteiger partial charge in [-0.25, -0.2) is 0 Å². The second kappa shape index (κ2) is 14.8. The molecule has 0 heterocycles. The molecule has 0 aliphatic carbocycles. The van der Waals surface area contributed by atoms with Gasteiger partial charge in [-0.15, -0.1) is 24.0 Å². The van der Waals surface area contributed by atoms with Crippen LogP contribution in [0.4, 0.5) is 0 Å². The van der Waals surface area contributed by atoms with Gasteiger partial charge in [0.2, 0.25) is 0 Å². The summed E-state index contributed by atoms with van der Waals surface area (Å²) < 4.78 is 0. The van der Waals surface area contributed by atoms with Crippen molar-refractivity contribution in [3.05, 3.63) is 35.4 Å². The number of carbonyl (C=O) groups excluding carboxylic acids is 1. The lowest BCUT2D eigenvalue weighted by molar-refractivity contribution is 0.0953. The molecule has 1 amide bonds. The Bertz CT molecular complexity index is 529. The molecule has 0 saturated heterocycles. The maximum Gasteiger partial charge on any atom is 0.251 e. The zero-order valence-electron chi connectivity index (χ0n) is 16.6. The highest BCUT2D eigenvalue weighted by molar-refractivity contribution is 14.0. The SMILES string of the molecule is CCCCNC(=O)c1ccc(CNC(=NC)NCCCC(C)C)cc1.I. The summed E-state index contributed by atoms with van der Waals surface area (Å²) >= 11 is 0. The summed E-state index contributed by atoms with van der Waals surface area (Å²) in [4.78, 5) is 16.2. The van der Waals surface area contributed by atoms with Gasteiger partial charge in [-0.1, -0.05) is 39.3 Å². The first-order chi connectivity index (χ1) is 12.1. The Labute approximate surface area is 175 Å². The summed E-state index contributed by atoms with van der Waals surface area (Å²) in [5, 5.41) is 9.56. The number of hydrogen-bond acceptors (Lipinski definition) is 2. The molecule has 0 spiro atoms. The lowest BCUT2D eigenvalue weighted by atomic mass is 10.1. The molecule has 0 radical (unpaired) electrons. The highest BCUT2D eigenvalue weighted by Crippen LogP contribution is 2.05. The van der Waals surface area contributed by atoms with E-state index in [4.69, 9.17) is 0 Å². The standard InChI is InChI=1S/C20H34N4O.HI/c1-5-6-13-22-19(25)18-11-9-17(10-12-18)15-24-20(21-4)23-14-7-8-16(2)3;/h9-12,16H,5-8,13-15H2,1-4H3,(H,22,25)(H2,21,23,24);1H. The fraction of sp³-hybridized carbons (Fsp3) is 0.600. The summed E-state index contributed by atoms with van der Waals surface area (Å²) in [7, 11) is 1.78. The van der Waals surface area contributed by atoms with Crippen molar-refractivity contribution < 1.29 is 4.79 Å². The highest BCUT2D eigenvalue weighted by Gasteiger charge is 2.05. The topological polar surface area (TPSA) is 65.5 Å². The highest BCUT2D eigenvalue weighted by atomic mass is 127. The van der Waals surface area contributed by atoms with Gasteiger partial charge in [-0.3, -0.25) is 9.79 Å². The molecule has 1 aromatic carbocycles. The fourth-order valence-electron chi connectivity index (χ4n) is 2.38. The van der Waals surface area contributed by atoms with Crippen LogP contribution in [0.2, 0.25) is 0 Å². The lowest BCUT2D eigenvalue weighted by Gasteiger charge is -2.13. The van der Waals surface area contributed by atoms with Crippen LogP contribution in [0, 0.1) is 5.92 Å². The average Bonchev–Trinajstić information content (AvgIpc) is 2.61. The summed E-state index contributed by atoms with van der Waals surface area (Å²) in [5.41, 5.74) is 1.83. The van der Waals surface area contributed by atoms with Crippen molar-refractivity contribution in [1.82, 2.24) is 16.0 Å². The number of nitrogens with zero attached hydrogens (tertiary/aromatic N) is 1. The van der Waals surface area contributed by atoms with Crippen molar-refractivity contribution in [3.63, 3.8) is 0 Å². The van der Waals surface area contributed by atoms with Crippen LogP contribution >= 0.6 is 24.0 Å². The molecule has 0 aliphatic heterocycles.